The van der Waals surface area contributed by atoms with Gasteiger partial charge in [0.05, 0.1) is 5.39 Å². The van der Waals surface area contributed by atoms with Crippen molar-refractivity contribution in [3.05, 3.63) is 53.1 Å². The van der Waals surface area contributed by atoms with Gasteiger partial charge in [-0.3, -0.25) is 19.5 Å². The van der Waals surface area contributed by atoms with E-state index >= 15 is 0 Å². The molecule has 1 saturated heterocycles. The lowest BCUT2D eigenvalue weighted by Crippen LogP contribution is -2.41. The van der Waals surface area contributed by atoms with Gasteiger partial charge in [-0.15, -0.1) is 0 Å². The molecule has 10 heteroatoms. The number of nitrogens with one attached hydrogen (secondary N) is 2. The number of nitrogens with zero attached hydrogens (tertiary/aromatic N) is 2. The van der Waals surface area contributed by atoms with Crippen molar-refractivity contribution < 1.29 is 24.6 Å². The SMILES string of the molecule is O=C1CCC(n2c(O)c3cccc(C=NC(=O)Nc4cccc(Cl)c4)c3c2O)C(=O)N1. The summed E-state index contributed by atoms with van der Waals surface area (Å²) in [6, 6.07) is 9.76. The minimum absolute atomic E-state index is 0.0851. The van der Waals surface area contributed by atoms with Crippen LogP contribution >= 0.6 is 11.6 Å². The number of fused-ring (bicyclic) bond motifs is 1. The summed E-state index contributed by atoms with van der Waals surface area (Å²) >= 11 is 5.89. The molecule has 4 N–H and O–H groups in total. The van der Waals surface area contributed by atoms with Crippen molar-refractivity contribution in [2.75, 3.05) is 5.32 Å². The van der Waals surface area contributed by atoms with Crippen molar-refractivity contribution in [1.29, 1.82) is 0 Å². The average molecular weight is 441 g/mol. The van der Waals surface area contributed by atoms with Crippen LogP contribution in [0.1, 0.15) is 24.4 Å². The maximum absolute atomic E-state index is 12.2. The maximum atomic E-state index is 12.2. The fourth-order valence-corrected chi connectivity index (χ4v) is 3.73. The highest BCUT2D eigenvalue weighted by atomic mass is 35.5. The molecule has 4 amide bonds. The lowest BCUT2D eigenvalue weighted by atomic mass is 10.1. The first-order chi connectivity index (χ1) is 14.8. The Labute approximate surface area is 181 Å². The third-order valence-corrected chi connectivity index (χ3v) is 5.17. The fourth-order valence-electron chi connectivity index (χ4n) is 3.54. The monoisotopic (exact) mass is 440 g/mol. The van der Waals surface area contributed by atoms with Gasteiger partial charge in [-0.1, -0.05) is 29.8 Å². The highest BCUT2D eigenvalue weighted by Gasteiger charge is 2.33. The van der Waals surface area contributed by atoms with Crippen LogP contribution in [0.25, 0.3) is 10.8 Å². The largest absolute Gasteiger partial charge is 0.494 e. The van der Waals surface area contributed by atoms with Crippen molar-refractivity contribution in [3.63, 3.8) is 0 Å². The number of aliphatic imine (C=N–C) groups is 1. The molecule has 1 aliphatic heterocycles. The van der Waals surface area contributed by atoms with E-state index in [0.29, 0.717) is 16.3 Å². The molecule has 2 heterocycles. The molecular formula is C21H17ClN4O5. The summed E-state index contributed by atoms with van der Waals surface area (Å²) in [5, 5.41) is 27.1. The number of aromatic hydroxyl groups is 2. The number of urea groups is 1. The number of imide groups is 1. The van der Waals surface area contributed by atoms with Crippen LogP contribution in [-0.4, -0.2) is 38.8 Å². The minimum atomic E-state index is -0.944. The van der Waals surface area contributed by atoms with Gasteiger partial charge in [-0.05, 0) is 30.7 Å². The first kappa shape index (κ1) is 20.4. The Balaban J connectivity index is 1.66. The van der Waals surface area contributed by atoms with Crippen molar-refractivity contribution in [1.82, 2.24) is 9.88 Å². The molecule has 4 rings (SSSR count). The Morgan fingerprint density at radius 2 is 1.97 bits per heavy atom. The highest BCUT2D eigenvalue weighted by Crippen LogP contribution is 2.41. The second kappa shape index (κ2) is 8.11. The Kier molecular flexibility index (Phi) is 5.35. The van der Waals surface area contributed by atoms with E-state index in [1.807, 2.05) is 0 Å². The number of anilines is 1. The van der Waals surface area contributed by atoms with Crippen LogP contribution in [-0.2, 0) is 9.59 Å². The van der Waals surface area contributed by atoms with Crippen LogP contribution in [0.15, 0.2) is 47.5 Å². The number of amides is 4. The van der Waals surface area contributed by atoms with Crippen LogP contribution in [0.4, 0.5) is 10.5 Å². The Morgan fingerprint density at radius 3 is 2.71 bits per heavy atom. The van der Waals surface area contributed by atoms with E-state index in [1.54, 1.807) is 42.5 Å². The molecule has 0 aliphatic carbocycles. The molecule has 158 valence electrons. The van der Waals surface area contributed by atoms with E-state index in [0.717, 1.165) is 4.57 Å². The number of piperidine rings is 1. The lowest BCUT2D eigenvalue weighted by molar-refractivity contribution is -0.135. The Hall–Kier alpha value is -3.85. The molecule has 0 radical (unpaired) electrons. The van der Waals surface area contributed by atoms with Gasteiger partial charge >= 0.3 is 6.03 Å². The van der Waals surface area contributed by atoms with Gasteiger partial charge in [0.15, 0.2) is 0 Å². The molecule has 3 aromatic rings. The summed E-state index contributed by atoms with van der Waals surface area (Å²) in [7, 11) is 0. The van der Waals surface area contributed by atoms with Gasteiger partial charge in [-0.25, -0.2) is 9.79 Å². The zero-order valence-corrected chi connectivity index (χ0v) is 16.8. The number of aromatic nitrogens is 1. The zero-order valence-electron chi connectivity index (χ0n) is 16.0. The average Bonchev–Trinajstić information content (AvgIpc) is 2.98. The molecule has 0 spiro atoms. The Bertz CT molecular complexity index is 1250. The smallest absolute Gasteiger partial charge is 0.345 e. The van der Waals surface area contributed by atoms with Crippen molar-refractivity contribution >= 4 is 52.1 Å². The number of halogens is 1. The van der Waals surface area contributed by atoms with Crippen LogP contribution in [0.3, 0.4) is 0 Å². The standard InChI is InChI=1S/C21H17ClN4O5/c22-12-4-2-5-13(9-12)24-21(31)23-10-11-3-1-6-14-17(11)20(30)26(19(14)29)15-7-8-16(27)25-18(15)28/h1-6,9-10,15,29-30H,7-8H2,(H,24,31)(H,25,27,28). The third kappa shape index (κ3) is 3.95. The number of hydrogen-bond donors (Lipinski definition) is 4. The van der Waals surface area contributed by atoms with Crippen LogP contribution in [0.5, 0.6) is 11.8 Å². The van der Waals surface area contributed by atoms with Crippen molar-refractivity contribution in [2.45, 2.75) is 18.9 Å². The Morgan fingerprint density at radius 1 is 1.19 bits per heavy atom. The molecule has 1 aromatic heterocycles. The summed E-state index contributed by atoms with van der Waals surface area (Å²) in [6.07, 6.45) is 1.47. The quantitative estimate of drug-likeness (QED) is 0.366. The van der Waals surface area contributed by atoms with E-state index in [-0.39, 0.29) is 35.4 Å². The number of carbonyl (C=O) groups is 3. The molecular weight excluding hydrogens is 424 g/mol. The molecule has 9 nitrogen and oxygen atoms in total. The van der Waals surface area contributed by atoms with Crippen LogP contribution < -0.4 is 10.6 Å². The normalized spacial score (nSPS) is 16.6. The second-order valence-electron chi connectivity index (χ2n) is 6.95. The van der Waals surface area contributed by atoms with E-state index in [2.05, 4.69) is 15.6 Å². The summed E-state index contributed by atoms with van der Waals surface area (Å²) in [4.78, 5) is 39.6. The van der Waals surface area contributed by atoms with E-state index < -0.39 is 23.9 Å². The molecule has 31 heavy (non-hydrogen) atoms. The highest BCUT2D eigenvalue weighted by molar-refractivity contribution is 6.30. The van der Waals surface area contributed by atoms with Gasteiger partial charge in [0.1, 0.15) is 6.04 Å². The summed E-state index contributed by atoms with van der Waals surface area (Å²) < 4.78 is 1.08. The fraction of sp³-hybridized carbons (Fsp3) is 0.143. The van der Waals surface area contributed by atoms with E-state index in [9.17, 15) is 24.6 Å². The molecule has 1 unspecified atom stereocenters. The summed E-state index contributed by atoms with van der Waals surface area (Å²) in [5.41, 5.74) is 0.829. The van der Waals surface area contributed by atoms with Gasteiger partial charge in [0, 0.05) is 34.3 Å². The third-order valence-electron chi connectivity index (χ3n) is 4.94. The number of rotatable bonds is 3. The van der Waals surface area contributed by atoms with Crippen LogP contribution in [0.2, 0.25) is 5.02 Å². The summed E-state index contributed by atoms with van der Waals surface area (Å²) in [6.45, 7) is 0. The van der Waals surface area contributed by atoms with E-state index in [4.69, 9.17) is 11.6 Å². The first-order valence-corrected chi connectivity index (χ1v) is 9.72. The van der Waals surface area contributed by atoms with Crippen molar-refractivity contribution in [3.8, 4) is 11.8 Å². The predicted molar refractivity (Wildman–Crippen MR) is 115 cm³/mol. The number of carbonyl (C=O) groups excluding carboxylic acids is 3. The van der Waals surface area contributed by atoms with E-state index in [1.165, 1.54) is 6.21 Å². The van der Waals surface area contributed by atoms with Gasteiger partial charge in [0.25, 0.3) is 0 Å². The maximum Gasteiger partial charge on any atom is 0.345 e. The predicted octanol–water partition coefficient (Wildman–Crippen LogP) is 3.33. The lowest BCUT2D eigenvalue weighted by Gasteiger charge is -2.23. The minimum Gasteiger partial charge on any atom is -0.494 e. The van der Waals surface area contributed by atoms with Gasteiger partial charge in [-0.2, -0.15) is 0 Å². The van der Waals surface area contributed by atoms with Crippen LogP contribution in [0, 0.1) is 0 Å². The molecule has 2 aromatic carbocycles. The molecule has 1 fully saturated rings. The number of benzene rings is 2. The molecule has 1 atom stereocenters. The molecule has 0 bridgehead atoms. The molecule has 1 aliphatic rings. The van der Waals surface area contributed by atoms with Crippen molar-refractivity contribution in [2.24, 2.45) is 4.99 Å². The molecule has 0 saturated carbocycles. The number of hydrogen-bond acceptors (Lipinski definition) is 5. The topological polar surface area (TPSA) is 133 Å². The zero-order chi connectivity index (χ0) is 22.1. The first-order valence-electron chi connectivity index (χ1n) is 9.34. The summed E-state index contributed by atoms with van der Waals surface area (Å²) in [5.74, 6) is -1.70. The second-order valence-corrected chi connectivity index (χ2v) is 7.39. The van der Waals surface area contributed by atoms with Gasteiger partial charge < -0.3 is 15.5 Å². The van der Waals surface area contributed by atoms with Gasteiger partial charge in [0.2, 0.25) is 23.6 Å².